The van der Waals surface area contributed by atoms with E-state index >= 15 is 0 Å². The number of likely N-dealkylation sites (N-methyl/N-ethyl adjacent to an activating group) is 1. The third-order valence-electron chi connectivity index (χ3n) is 15.5. The number of nitrogens with zero attached hydrogens (tertiary/aromatic N) is 2. The van der Waals surface area contributed by atoms with Gasteiger partial charge in [-0.05, 0) is 111 Å². The van der Waals surface area contributed by atoms with Gasteiger partial charge in [0, 0.05) is 38.5 Å². The molecular weight excluding hydrogens is 520 g/mol. The highest BCUT2D eigenvalue weighted by Crippen LogP contribution is 2.76. The Labute approximate surface area is 256 Å². The largest absolute Gasteiger partial charge is 0.462 e. The van der Waals surface area contributed by atoms with Crippen LogP contribution in [0.15, 0.2) is 11.6 Å². The first-order chi connectivity index (χ1) is 19.6. The zero-order valence-corrected chi connectivity index (χ0v) is 28.4. The minimum Gasteiger partial charge on any atom is -0.462 e. The second kappa shape index (κ2) is 10.1. The smallest absolute Gasteiger partial charge is 0.302 e. The molecule has 0 aromatic carbocycles. The van der Waals surface area contributed by atoms with Crippen LogP contribution < -0.4 is 0 Å². The molecular formula is C37H60N2O3. The molecule has 42 heavy (non-hydrogen) atoms. The van der Waals surface area contributed by atoms with Gasteiger partial charge in [-0.2, -0.15) is 0 Å². The Morgan fingerprint density at radius 1 is 0.857 bits per heavy atom. The second-order valence-corrected chi connectivity index (χ2v) is 17.4. The number of allylic oxidation sites excluding steroid dienone is 2. The third kappa shape index (κ3) is 4.09. The fraction of sp³-hybridized carbons (Fsp3) is 0.892. The summed E-state index contributed by atoms with van der Waals surface area (Å²) in [5, 5.41) is 0. The Morgan fingerprint density at radius 3 is 2.21 bits per heavy atom. The fourth-order valence-corrected chi connectivity index (χ4v) is 12.6. The standard InChI is InChI=1S/C37H60N2O3/c1-24-12-17-37(32(41)39-22-20-38(9)21-23-39)19-18-35(7)27(31(37)25(24)2)10-11-29-34(6)15-14-30(42-26(3)40)33(4,5)28(34)13-16-36(29,35)8/h10,24-25,28-31H,11-23H2,1-9H3/t24-,25+,28+,29-,30+,31+,34+,35-,36-,37+/m1/s1. The SMILES string of the molecule is CC(=O)O[C@H]1CC[C@]2(C)[C@H]3CC=C4[C@@H]5[C@@H](C)[C@H](C)CC[C@]5(C(=O)N5CCN(C)CC5)CC[C@@]4(C)[C@]3(C)CC[C@H]2C1(C)C. The van der Waals surface area contributed by atoms with Crippen LogP contribution in [0.5, 0.6) is 0 Å². The molecule has 5 aliphatic carbocycles. The Bertz CT molecular complexity index is 1140. The van der Waals surface area contributed by atoms with Crippen LogP contribution in [0, 0.1) is 56.7 Å². The molecule has 10 atom stereocenters. The highest BCUT2D eigenvalue weighted by Gasteiger charge is 2.70. The van der Waals surface area contributed by atoms with Crippen LogP contribution in [0.3, 0.4) is 0 Å². The summed E-state index contributed by atoms with van der Waals surface area (Å²) in [5.74, 6) is 3.07. The minimum atomic E-state index is -0.221. The van der Waals surface area contributed by atoms with E-state index in [-0.39, 0.29) is 39.1 Å². The summed E-state index contributed by atoms with van der Waals surface area (Å²) in [4.78, 5) is 31.3. The number of rotatable bonds is 2. The Morgan fingerprint density at radius 2 is 1.55 bits per heavy atom. The van der Waals surface area contributed by atoms with Crippen molar-refractivity contribution in [3.63, 3.8) is 0 Å². The molecule has 1 saturated heterocycles. The van der Waals surface area contributed by atoms with E-state index in [2.05, 4.69) is 71.4 Å². The molecule has 6 aliphatic rings. The van der Waals surface area contributed by atoms with E-state index in [0.717, 1.165) is 64.7 Å². The molecule has 5 fully saturated rings. The van der Waals surface area contributed by atoms with Crippen LogP contribution in [-0.2, 0) is 14.3 Å². The van der Waals surface area contributed by atoms with E-state index in [1.807, 2.05) is 0 Å². The summed E-state index contributed by atoms with van der Waals surface area (Å²) in [6, 6.07) is 0. The van der Waals surface area contributed by atoms with Crippen LogP contribution in [0.25, 0.3) is 0 Å². The number of fused-ring (bicyclic) bond motifs is 7. The van der Waals surface area contributed by atoms with Crippen LogP contribution >= 0.6 is 0 Å². The number of hydrogen-bond donors (Lipinski definition) is 0. The van der Waals surface area contributed by atoms with E-state index in [9.17, 15) is 9.59 Å². The molecule has 0 aromatic heterocycles. The summed E-state index contributed by atoms with van der Waals surface area (Å²) in [6.45, 7) is 22.9. The molecule has 5 nitrogen and oxygen atoms in total. The van der Waals surface area contributed by atoms with Crippen LogP contribution in [0.2, 0.25) is 0 Å². The number of esters is 1. The van der Waals surface area contributed by atoms with Crippen molar-refractivity contribution in [2.75, 3.05) is 33.2 Å². The average Bonchev–Trinajstić information content (AvgIpc) is 2.92. The van der Waals surface area contributed by atoms with Crippen LogP contribution in [0.4, 0.5) is 0 Å². The van der Waals surface area contributed by atoms with Crippen LogP contribution in [-0.4, -0.2) is 61.0 Å². The molecule has 0 bridgehead atoms. The number of amides is 1. The zero-order valence-electron chi connectivity index (χ0n) is 28.4. The van der Waals surface area contributed by atoms with Crippen molar-refractivity contribution in [3.8, 4) is 0 Å². The maximum atomic E-state index is 14.7. The third-order valence-corrected chi connectivity index (χ3v) is 15.5. The lowest BCUT2D eigenvalue weighted by Crippen LogP contribution is -2.66. The summed E-state index contributed by atoms with van der Waals surface area (Å²) in [7, 11) is 2.18. The molecule has 5 heteroatoms. The number of carbonyl (C=O) groups is 2. The summed E-state index contributed by atoms with van der Waals surface area (Å²) < 4.78 is 5.95. The van der Waals surface area contributed by atoms with Crippen molar-refractivity contribution >= 4 is 11.9 Å². The van der Waals surface area contributed by atoms with Crippen molar-refractivity contribution in [2.45, 2.75) is 119 Å². The van der Waals surface area contributed by atoms with Crippen LogP contribution in [0.1, 0.15) is 113 Å². The van der Waals surface area contributed by atoms with Gasteiger partial charge in [0.25, 0.3) is 0 Å². The van der Waals surface area contributed by atoms with Gasteiger partial charge in [-0.1, -0.05) is 60.1 Å². The number of hydrogen-bond acceptors (Lipinski definition) is 4. The lowest BCUT2D eigenvalue weighted by molar-refractivity contribution is -0.213. The molecule has 0 radical (unpaired) electrons. The lowest BCUT2D eigenvalue weighted by atomic mass is 9.33. The van der Waals surface area contributed by atoms with E-state index in [1.54, 1.807) is 12.5 Å². The first-order valence-electron chi connectivity index (χ1n) is 17.5. The van der Waals surface area contributed by atoms with E-state index in [1.165, 1.54) is 19.3 Å². The average molecular weight is 581 g/mol. The number of ether oxygens (including phenoxy) is 1. The van der Waals surface area contributed by atoms with Gasteiger partial charge in [0.1, 0.15) is 6.10 Å². The molecule has 1 amide bonds. The first-order valence-corrected chi connectivity index (χ1v) is 17.5. The lowest BCUT2D eigenvalue weighted by Gasteiger charge is -2.71. The van der Waals surface area contributed by atoms with Gasteiger partial charge in [0.05, 0.1) is 5.41 Å². The van der Waals surface area contributed by atoms with Gasteiger partial charge in [-0.25, -0.2) is 0 Å². The molecule has 0 aromatic rings. The topological polar surface area (TPSA) is 49.9 Å². The normalized spacial score (nSPS) is 48.6. The number of piperazine rings is 1. The van der Waals surface area contributed by atoms with Crippen molar-refractivity contribution in [1.29, 1.82) is 0 Å². The van der Waals surface area contributed by atoms with Crippen molar-refractivity contribution in [3.05, 3.63) is 11.6 Å². The Balaban J connectivity index is 1.38. The molecule has 1 heterocycles. The molecule has 6 rings (SSSR count). The van der Waals surface area contributed by atoms with E-state index < -0.39 is 0 Å². The Hall–Kier alpha value is -1.36. The second-order valence-electron chi connectivity index (χ2n) is 17.4. The van der Waals surface area contributed by atoms with E-state index in [0.29, 0.717) is 35.5 Å². The quantitative estimate of drug-likeness (QED) is 0.253. The highest BCUT2D eigenvalue weighted by atomic mass is 16.5. The highest BCUT2D eigenvalue weighted by molar-refractivity contribution is 5.84. The fourth-order valence-electron chi connectivity index (χ4n) is 12.6. The predicted octanol–water partition coefficient (Wildman–Crippen LogP) is 7.35. The maximum absolute atomic E-state index is 14.7. The van der Waals surface area contributed by atoms with Gasteiger partial charge in [-0.3, -0.25) is 9.59 Å². The monoisotopic (exact) mass is 580 g/mol. The first kappa shape index (κ1) is 30.7. The molecule has 1 aliphatic heterocycles. The van der Waals surface area contributed by atoms with Gasteiger partial charge < -0.3 is 14.5 Å². The Kier molecular flexibility index (Phi) is 7.35. The minimum absolute atomic E-state index is 0.0168. The maximum Gasteiger partial charge on any atom is 0.302 e. The van der Waals surface area contributed by atoms with Gasteiger partial charge >= 0.3 is 5.97 Å². The van der Waals surface area contributed by atoms with Gasteiger partial charge in [0.15, 0.2) is 0 Å². The summed E-state index contributed by atoms with van der Waals surface area (Å²) in [6.07, 6.45) is 12.8. The van der Waals surface area contributed by atoms with E-state index in [4.69, 9.17) is 4.74 Å². The van der Waals surface area contributed by atoms with Gasteiger partial charge in [-0.15, -0.1) is 0 Å². The molecule has 236 valence electrons. The molecule has 0 N–H and O–H groups in total. The van der Waals surface area contributed by atoms with Gasteiger partial charge in [0.2, 0.25) is 5.91 Å². The molecule has 0 spiro atoms. The predicted molar refractivity (Wildman–Crippen MR) is 169 cm³/mol. The molecule has 0 unspecified atom stereocenters. The number of carbonyl (C=O) groups excluding carboxylic acids is 2. The van der Waals surface area contributed by atoms with Crippen molar-refractivity contribution in [1.82, 2.24) is 9.80 Å². The molecule has 4 saturated carbocycles. The summed E-state index contributed by atoms with van der Waals surface area (Å²) >= 11 is 0. The zero-order chi connectivity index (χ0) is 30.5. The summed E-state index contributed by atoms with van der Waals surface area (Å²) in [5.41, 5.74) is 2.01. The van der Waals surface area contributed by atoms with Crippen molar-refractivity contribution < 1.29 is 14.3 Å². The van der Waals surface area contributed by atoms with Crippen molar-refractivity contribution in [2.24, 2.45) is 56.7 Å².